The lowest BCUT2D eigenvalue weighted by molar-refractivity contribution is 0.0769. The summed E-state index contributed by atoms with van der Waals surface area (Å²) >= 11 is 0. The molecular formula is C15H31N3. The monoisotopic (exact) mass is 253 g/mol. The first-order valence-electron chi connectivity index (χ1n) is 7.89. The largest absolute Gasteiger partial charge is 0.327 e. The lowest BCUT2D eigenvalue weighted by Gasteiger charge is -2.41. The van der Waals surface area contributed by atoms with Gasteiger partial charge < -0.3 is 15.5 Å². The van der Waals surface area contributed by atoms with Gasteiger partial charge in [-0.2, -0.15) is 0 Å². The molecule has 106 valence electrons. The van der Waals surface area contributed by atoms with E-state index in [1.807, 2.05) is 0 Å². The molecule has 1 saturated heterocycles. The Labute approximate surface area is 113 Å². The minimum Gasteiger partial charge on any atom is -0.327 e. The van der Waals surface area contributed by atoms with E-state index < -0.39 is 0 Å². The zero-order chi connectivity index (χ0) is 13.0. The highest BCUT2D eigenvalue weighted by Crippen LogP contribution is 2.24. The predicted octanol–water partition coefficient (Wildman–Crippen LogP) is 1.92. The third-order valence-electron chi connectivity index (χ3n) is 5.04. The fourth-order valence-electron chi connectivity index (χ4n) is 3.59. The molecule has 2 N–H and O–H groups in total. The fraction of sp³-hybridized carbons (Fsp3) is 1.00. The van der Waals surface area contributed by atoms with Crippen LogP contribution in [0.15, 0.2) is 0 Å². The van der Waals surface area contributed by atoms with Crippen molar-refractivity contribution in [1.29, 1.82) is 0 Å². The Balaban J connectivity index is 1.84. The van der Waals surface area contributed by atoms with Crippen LogP contribution in [0.1, 0.15) is 45.4 Å². The summed E-state index contributed by atoms with van der Waals surface area (Å²) < 4.78 is 0. The van der Waals surface area contributed by atoms with Crippen molar-refractivity contribution in [3.63, 3.8) is 0 Å². The van der Waals surface area contributed by atoms with Crippen molar-refractivity contribution >= 4 is 0 Å². The van der Waals surface area contributed by atoms with Crippen LogP contribution < -0.4 is 5.73 Å². The predicted molar refractivity (Wildman–Crippen MR) is 77.7 cm³/mol. The molecule has 1 heterocycles. The summed E-state index contributed by atoms with van der Waals surface area (Å²) in [5, 5.41) is 0. The van der Waals surface area contributed by atoms with Crippen LogP contribution in [0, 0.1) is 5.92 Å². The number of likely N-dealkylation sites (N-methyl/N-ethyl adjacent to an activating group) is 1. The molecule has 1 aliphatic heterocycles. The summed E-state index contributed by atoms with van der Waals surface area (Å²) in [5.41, 5.74) is 6.35. The van der Waals surface area contributed by atoms with Gasteiger partial charge in [0.1, 0.15) is 0 Å². The van der Waals surface area contributed by atoms with Crippen LogP contribution in [0.25, 0.3) is 0 Å². The third-order valence-corrected chi connectivity index (χ3v) is 5.04. The Hall–Kier alpha value is -0.120. The molecular weight excluding hydrogens is 222 g/mol. The zero-order valence-electron chi connectivity index (χ0n) is 12.3. The van der Waals surface area contributed by atoms with Crippen molar-refractivity contribution in [3.8, 4) is 0 Å². The van der Waals surface area contributed by atoms with Crippen molar-refractivity contribution in [2.24, 2.45) is 11.7 Å². The lowest BCUT2D eigenvalue weighted by atomic mass is 9.94. The molecule has 1 saturated carbocycles. The van der Waals surface area contributed by atoms with E-state index in [2.05, 4.69) is 23.8 Å². The van der Waals surface area contributed by atoms with Crippen LogP contribution in [0.3, 0.4) is 0 Å². The van der Waals surface area contributed by atoms with E-state index in [1.54, 1.807) is 0 Å². The molecule has 0 aromatic carbocycles. The van der Waals surface area contributed by atoms with E-state index >= 15 is 0 Å². The summed E-state index contributed by atoms with van der Waals surface area (Å²) in [4.78, 5) is 5.19. The molecule has 0 amide bonds. The number of hydrogen-bond acceptors (Lipinski definition) is 3. The Morgan fingerprint density at radius 1 is 1.11 bits per heavy atom. The van der Waals surface area contributed by atoms with Crippen LogP contribution >= 0.6 is 0 Å². The lowest BCUT2D eigenvalue weighted by Crippen LogP contribution is -2.53. The molecule has 3 unspecified atom stereocenters. The van der Waals surface area contributed by atoms with Gasteiger partial charge in [-0.1, -0.05) is 26.2 Å². The highest BCUT2D eigenvalue weighted by Gasteiger charge is 2.27. The fourth-order valence-corrected chi connectivity index (χ4v) is 3.59. The average molecular weight is 253 g/mol. The van der Waals surface area contributed by atoms with Crippen LogP contribution in [0.4, 0.5) is 0 Å². The van der Waals surface area contributed by atoms with Gasteiger partial charge in [-0.25, -0.2) is 0 Å². The first-order chi connectivity index (χ1) is 8.70. The average Bonchev–Trinajstić information content (AvgIpc) is 2.57. The van der Waals surface area contributed by atoms with E-state index in [0.29, 0.717) is 6.04 Å². The molecule has 2 fully saturated rings. The van der Waals surface area contributed by atoms with Gasteiger partial charge in [0.15, 0.2) is 0 Å². The summed E-state index contributed by atoms with van der Waals surface area (Å²) in [6, 6.07) is 1.20. The SMILES string of the molecule is CCC1CN(CC2CCCCCC2N)CCN1C. The second-order valence-corrected chi connectivity index (χ2v) is 6.36. The molecule has 0 spiro atoms. The number of nitrogens with zero attached hydrogens (tertiary/aromatic N) is 2. The van der Waals surface area contributed by atoms with Gasteiger partial charge >= 0.3 is 0 Å². The highest BCUT2D eigenvalue weighted by atomic mass is 15.3. The maximum atomic E-state index is 6.35. The summed E-state index contributed by atoms with van der Waals surface area (Å²) in [6.45, 7) is 7.25. The zero-order valence-corrected chi connectivity index (χ0v) is 12.3. The van der Waals surface area contributed by atoms with Gasteiger partial charge in [0.05, 0.1) is 0 Å². The van der Waals surface area contributed by atoms with E-state index in [-0.39, 0.29) is 0 Å². The first kappa shape index (κ1) is 14.3. The quantitative estimate of drug-likeness (QED) is 0.780. The van der Waals surface area contributed by atoms with Crippen LogP contribution in [0.5, 0.6) is 0 Å². The Bertz CT molecular complexity index is 244. The standard InChI is InChI=1S/C15H31N3/c1-3-14-12-18(10-9-17(14)2)11-13-7-5-4-6-8-15(13)16/h13-15H,3-12,16H2,1-2H3. The van der Waals surface area contributed by atoms with Gasteiger partial charge in [0, 0.05) is 38.3 Å². The minimum absolute atomic E-state index is 0.451. The summed E-state index contributed by atoms with van der Waals surface area (Å²) in [5.74, 6) is 0.744. The molecule has 0 bridgehead atoms. The van der Waals surface area contributed by atoms with E-state index in [4.69, 9.17) is 5.73 Å². The van der Waals surface area contributed by atoms with Crippen molar-refractivity contribution in [2.75, 3.05) is 33.2 Å². The van der Waals surface area contributed by atoms with Gasteiger partial charge in [0.25, 0.3) is 0 Å². The minimum atomic E-state index is 0.451. The maximum absolute atomic E-state index is 6.35. The van der Waals surface area contributed by atoms with Gasteiger partial charge in [-0.05, 0) is 32.2 Å². The second kappa shape index (κ2) is 6.88. The molecule has 0 radical (unpaired) electrons. The summed E-state index contributed by atoms with van der Waals surface area (Å²) in [7, 11) is 2.27. The smallest absolute Gasteiger partial charge is 0.0218 e. The second-order valence-electron chi connectivity index (χ2n) is 6.36. The van der Waals surface area contributed by atoms with Crippen molar-refractivity contribution in [2.45, 2.75) is 57.5 Å². The number of piperazine rings is 1. The molecule has 3 nitrogen and oxygen atoms in total. The number of hydrogen-bond donors (Lipinski definition) is 1. The molecule has 3 atom stereocenters. The number of nitrogens with two attached hydrogens (primary N) is 1. The highest BCUT2D eigenvalue weighted by molar-refractivity contribution is 4.84. The van der Waals surface area contributed by atoms with Crippen LogP contribution in [-0.2, 0) is 0 Å². The first-order valence-corrected chi connectivity index (χ1v) is 7.89. The molecule has 2 aliphatic rings. The topological polar surface area (TPSA) is 32.5 Å². The van der Waals surface area contributed by atoms with E-state index in [1.165, 1.54) is 64.7 Å². The van der Waals surface area contributed by atoms with Gasteiger partial charge in [0.2, 0.25) is 0 Å². The Morgan fingerprint density at radius 3 is 2.67 bits per heavy atom. The Kier molecular flexibility index (Phi) is 5.46. The van der Waals surface area contributed by atoms with Crippen molar-refractivity contribution < 1.29 is 0 Å². The van der Waals surface area contributed by atoms with Crippen molar-refractivity contribution in [3.05, 3.63) is 0 Å². The van der Waals surface area contributed by atoms with E-state index in [0.717, 1.165) is 12.0 Å². The van der Waals surface area contributed by atoms with Gasteiger partial charge in [-0.15, -0.1) is 0 Å². The molecule has 2 rings (SSSR count). The molecule has 3 heteroatoms. The van der Waals surface area contributed by atoms with Crippen LogP contribution in [0.2, 0.25) is 0 Å². The van der Waals surface area contributed by atoms with Gasteiger partial charge in [-0.3, -0.25) is 0 Å². The summed E-state index contributed by atoms with van der Waals surface area (Å²) in [6.07, 6.45) is 8.00. The van der Waals surface area contributed by atoms with E-state index in [9.17, 15) is 0 Å². The number of rotatable bonds is 3. The molecule has 1 aliphatic carbocycles. The molecule has 0 aromatic heterocycles. The normalized spacial score (nSPS) is 36.5. The van der Waals surface area contributed by atoms with Crippen molar-refractivity contribution in [1.82, 2.24) is 9.80 Å². The van der Waals surface area contributed by atoms with Crippen LogP contribution in [-0.4, -0.2) is 55.1 Å². The molecule has 0 aromatic rings. The maximum Gasteiger partial charge on any atom is 0.0218 e. The Morgan fingerprint density at radius 2 is 1.89 bits per heavy atom. The molecule has 18 heavy (non-hydrogen) atoms. The third kappa shape index (κ3) is 3.69.